The number of nitrogens with one attached hydrogen (secondary N) is 2. The van der Waals surface area contributed by atoms with Crippen LogP contribution in [-0.2, 0) is 6.54 Å². The average molecular weight is 414 g/mol. The van der Waals surface area contributed by atoms with E-state index in [9.17, 15) is 4.79 Å². The first-order valence-electron chi connectivity index (χ1n) is 10.2. The second-order valence-corrected chi connectivity index (χ2v) is 7.55. The van der Waals surface area contributed by atoms with E-state index in [1.807, 2.05) is 43.3 Å². The molecule has 162 valence electrons. The molecule has 0 unspecified atom stereocenters. The number of carbonyl (C=O) groups excluding carboxylic acids is 1. The van der Waals surface area contributed by atoms with Crippen molar-refractivity contribution in [3.05, 3.63) is 47.5 Å². The summed E-state index contributed by atoms with van der Waals surface area (Å²) in [5.74, 6) is 1.93. The van der Waals surface area contributed by atoms with Crippen LogP contribution in [0, 0.1) is 6.92 Å². The molecule has 2 aromatic carbocycles. The lowest BCUT2D eigenvalue weighted by atomic mass is 10.0. The first-order valence-corrected chi connectivity index (χ1v) is 10.2. The summed E-state index contributed by atoms with van der Waals surface area (Å²) < 4.78 is 16.3. The van der Waals surface area contributed by atoms with Crippen molar-refractivity contribution in [2.24, 2.45) is 0 Å². The van der Waals surface area contributed by atoms with E-state index >= 15 is 0 Å². The molecule has 0 spiro atoms. The third-order valence-corrected chi connectivity index (χ3v) is 5.33. The molecule has 2 aromatic rings. The highest BCUT2D eigenvalue weighted by Gasteiger charge is 2.22. The maximum absolute atomic E-state index is 12.3. The van der Waals surface area contributed by atoms with Gasteiger partial charge in [-0.2, -0.15) is 0 Å². The van der Waals surface area contributed by atoms with Gasteiger partial charge in [0.25, 0.3) is 0 Å². The fraction of sp³-hybridized carbons (Fsp3) is 0.435. The zero-order chi connectivity index (χ0) is 21.5. The maximum Gasteiger partial charge on any atom is 0.319 e. The summed E-state index contributed by atoms with van der Waals surface area (Å²) in [6.45, 7) is 4.61. The topological polar surface area (TPSA) is 72.1 Å². The van der Waals surface area contributed by atoms with Gasteiger partial charge < -0.3 is 24.8 Å². The van der Waals surface area contributed by atoms with Gasteiger partial charge in [-0.05, 0) is 55.2 Å². The van der Waals surface area contributed by atoms with Crippen molar-refractivity contribution in [1.29, 1.82) is 0 Å². The number of rotatable bonds is 7. The van der Waals surface area contributed by atoms with Gasteiger partial charge in [-0.15, -0.1) is 0 Å². The lowest BCUT2D eigenvalue weighted by molar-refractivity contribution is 0.189. The van der Waals surface area contributed by atoms with Crippen LogP contribution < -0.4 is 24.8 Å². The third kappa shape index (κ3) is 5.57. The molecule has 1 fully saturated rings. The molecule has 1 aliphatic rings. The Bertz CT molecular complexity index is 838. The van der Waals surface area contributed by atoms with Gasteiger partial charge in [0.15, 0.2) is 11.5 Å². The number of nitrogens with zero attached hydrogens (tertiary/aromatic N) is 1. The van der Waals surface area contributed by atoms with Crippen LogP contribution in [0.5, 0.6) is 17.2 Å². The smallest absolute Gasteiger partial charge is 0.319 e. The van der Waals surface area contributed by atoms with Gasteiger partial charge in [0.2, 0.25) is 5.75 Å². The molecule has 0 saturated carbocycles. The molecule has 0 bridgehead atoms. The van der Waals surface area contributed by atoms with E-state index < -0.39 is 0 Å². The number of urea groups is 1. The Morgan fingerprint density at radius 2 is 1.70 bits per heavy atom. The molecule has 1 heterocycles. The molecule has 2 amide bonds. The lowest BCUT2D eigenvalue weighted by Crippen LogP contribution is -2.45. The molecule has 1 saturated heterocycles. The van der Waals surface area contributed by atoms with Crippen molar-refractivity contribution in [2.75, 3.05) is 39.7 Å². The second-order valence-electron chi connectivity index (χ2n) is 7.55. The van der Waals surface area contributed by atoms with Crippen molar-refractivity contribution in [3.8, 4) is 17.2 Å². The van der Waals surface area contributed by atoms with Crippen LogP contribution in [0.15, 0.2) is 36.4 Å². The molecule has 0 atom stereocenters. The molecule has 2 N–H and O–H groups in total. The van der Waals surface area contributed by atoms with E-state index in [4.69, 9.17) is 14.2 Å². The summed E-state index contributed by atoms with van der Waals surface area (Å²) in [5, 5.41) is 6.00. The molecule has 7 heteroatoms. The predicted molar refractivity (Wildman–Crippen MR) is 118 cm³/mol. The van der Waals surface area contributed by atoms with Crippen molar-refractivity contribution in [1.82, 2.24) is 10.2 Å². The van der Waals surface area contributed by atoms with Gasteiger partial charge >= 0.3 is 6.03 Å². The van der Waals surface area contributed by atoms with E-state index in [1.165, 1.54) is 0 Å². The average Bonchev–Trinajstić information content (AvgIpc) is 2.74. The summed E-state index contributed by atoms with van der Waals surface area (Å²) in [6.07, 6.45) is 1.82. The van der Waals surface area contributed by atoms with E-state index in [2.05, 4.69) is 15.5 Å². The number of hydrogen-bond donors (Lipinski definition) is 2. The molecule has 0 radical (unpaired) electrons. The van der Waals surface area contributed by atoms with Crippen LogP contribution in [0.4, 0.5) is 10.5 Å². The number of piperidine rings is 1. The minimum absolute atomic E-state index is 0.149. The van der Waals surface area contributed by atoms with Gasteiger partial charge in [-0.3, -0.25) is 4.90 Å². The molecule has 7 nitrogen and oxygen atoms in total. The molecular formula is C23H31N3O4. The van der Waals surface area contributed by atoms with Gasteiger partial charge in [0.05, 0.1) is 21.3 Å². The number of hydrogen-bond acceptors (Lipinski definition) is 5. The van der Waals surface area contributed by atoms with Gasteiger partial charge in [-0.1, -0.05) is 12.1 Å². The van der Waals surface area contributed by atoms with Crippen LogP contribution >= 0.6 is 0 Å². The van der Waals surface area contributed by atoms with Crippen LogP contribution in [0.25, 0.3) is 0 Å². The van der Waals surface area contributed by atoms with Crippen LogP contribution in [-0.4, -0.2) is 51.4 Å². The zero-order valence-electron chi connectivity index (χ0n) is 18.2. The highest BCUT2D eigenvalue weighted by Crippen LogP contribution is 2.38. The van der Waals surface area contributed by atoms with E-state index in [0.717, 1.165) is 49.3 Å². The number of amides is 2. The molecular weight excluding hydrogens is 382 g/mol. The van der Waals surface area contributed by atoms with Crippen molar-refractivity contribution in [3.63, 3.8) is 0 Å². The fourth-order valence-corrected chi connectivity index (χ4v) is 3.80. The molecule has 0 aromatic heterocycles. The Balaban J connectivity index is 1.51. The van der Waals surface area contributed by atoms with Crippen LogP contribution in [0.2, 0.25) is 0 Å². The highest BCUT2D eigenvalue weighted by atomic mass is 16.5. The minimum Gasteiger partial charge on any atom is -0.493 e. The lowest BCUT2D eigenvalue weighted by Gasteiger charge is -2.32. The van der Waals surface area contributed by atoms with Gasteiger partial charge in [-0.25, -0.2) is 4.79 Å². The van der Waals surface area contributed by atoms with E-state index in [1.54, 1.807) is 21.3 Å². The van der Waals surface area contributed by atoms with Crippen LogP contribution in [0.3, 0.4) is 0 Å². The molecule has 30 heavy (non-hydrogen) atoms. The van der Waals surface area contributed by atoms with Crippen LogP contribution in [0.1, 0.15) is 24.0 Å². The second kappa shape index (κ2) is 10.2. The van der Waals surface area contributed by atoms with E-state index in [-0.39, 0.29) is 12.1 Å². The number of likely N-dealkylation sites (tertiary alicyclic amines) is 1. The van der Waals surface area contributed by atoms with Gasteiger partial charge in [0.1, 0.15) is 0 Å². The standard InChI is InChI=1S/C23H31N3O4/c1-16-6-5-7-19(12-16)25-23(27)24-18-8-10-26(11-9-18)15-17-13-20(28-2)22(30-4)21(14-17)29-3/h5-7,12-14,18H,8-11,15H2,1-4H3,(H2,24,25,27). The number of benzene rings is 2. The first-order chi connectivity index (χ1) is 14.5. The summed E-state index contributed by atoms with van der Waals surface area (Å²) in [7, 11) is 4.85. The fourth-order valence-electron chi connectivity index (χ4n) is 3.80. The number of aryl methyl sites for hydroxylation is 1. The third-order valence-electron chi connectivity index (χ3n) is 5.33. The predicted octanol–water partition coefficient (Wildman–Crippen LogP) is 3.81. The number of methoxy groups -OCH3 is 3. The summed E-state index contributed by atoms with van der Waals surface area (Å²) in [4.78, 5) is 14.7. The maximum atomic E-state index is 12.3. The largest absolute Gasteiger partial charge is 0.493 e. The number of carbonyl (C=O) groups is 1. The summed E-state index contributed by atoms with van der Waals surface area (Å²) in [6, 6.07) is 11.8. The number of anilines is 1. The Hall–Kier alpha value is -2.93. The van der Waals surface area contributed by atoms with Crippen molar-refractivity contribution >= 4 is 11.7 Å². The van der Waals surface area contributed by atoms with Crippen molar-refractivity contribution < 1.29 is 19.0 Å². The summed E-state index contributed by atoms with van der Waals surface area (Å²) >= 11 is 0. The van der Waals surface area contributed by atoms with E-state index in [0.29, 0.717) is 17.2 Å². The normalized spacial score (nSPS) is 14.8. The Kier molecular flexibility index (Phi) is 7.41. The quantitative estimate of drug-likeness (QED) is 0.722. The number of ether oxygens (including phenoxy) is 3. The Morgan fingerprint density at radius 3 is 2.27 bits per heavy atom. The Labute approximate surface area is 178 Å². The first kappa shape index (κ1) is 21.8. The molecule has 3 rings (SSSR count). The Morgan fingerprint density at radius 1 is 1.03 bits per heavy atom. The highest BCUT2D eigenvalue weighted by molar-refractivity contribution is 5.89. The van der Waals surface area contributed by atoms with Gasteiger partial charge in [0, 0.05) is 31.4 Å². The minimum atomic E-state index is -0.149. The monoisotopic (exact) mass is 413 g/mol. The summed E-state index contributed by atoms with van der Waals surface area (Å²) in [5.41, 5.74) is 3.04. The van der Waals surface area contributed by atoms with Crippen molar-refractivity contribution in [2.45, 2.75) is 32.4 Å². The zero-order valence-corrected chi connectivity index (χ0v) is 18.2. The molecule has 0 aliphatic carbocycles. The SMILES string of the molecule is COc1cc(CN2CCC(NC(=O)Nc3cccc(C)c3)CC2)cc(OC)c1OC. The molecule has 1 aliphatic heterocycles.